The summed E-state index contributed by atoms with van der Waals surface area (Å²) in [4.78, 5) is 12.8. The van der Waals surface area contributed by atoms with E-state index in [1.807, 2.05) is 62.4 Å². The van der Waals surface area contributed by atoms with Gasteiger partial charge in [0.15, 0.2) is 11.5 Å². The van der Waals surface area contributed by atoms with Crippen molar-refractivity contribution in [2.45, 2.75) is 27.4 Å². The summed E-state index contributed by atoms with van der Waals surface area (Å²) < 4.78 is 14.0. The van der Waals surface area contributed by atoms with E-state index in [0.29, 0.717) is 40.9 Å². The molecule has 0 unspecified atom stereocenters. The topological polar surface area (TPSA) is 64.8 Å². The van der Waals surface area contributed by atoms with E-state index in [1.54, 1.807) is 24.3 Å². The molecule has 0 bridgehead atoms. The molecule has 1 N–H and O–H groups in total. The van der Waals surface area contributed by atoms with Gasteiger partial charge in [-0.3, -0.25) is 4.79 Å². The number of aryl methyl sites for hydroxylation is 2. The lowest BCUT2D eigenvalue weighted by Gasteiger charge is -2.14. The van der Waals surface area contributed by atoms with Crippen LogP contribution in [-0.4, -0.2) is 23.3 Å². The number of benzene rings is 4. The number of nitrogens with one attached hydrogen (secondary N) is 1. The van der Waals surface area contributed by atoms with Crippen LogP contribution < -0.4 is 14.9 Å². The average Bonchev–Trinajstić information content (AvgIpc) is 3.38. The van der Waals surface area contributed by atoms with Crippen molar-refractivity contribution in [2.75, 3.05) is 6.61 Å². The molecule has 7 heteroatoms. The maximum atomic E-state index is 12.8. The number of hydrazone groups is 1. The lowest BCUT2D eigenvalue weighted by molar-refractivity contribution is 0.0955. The zero-order valence-electron chi connectivity index (χ0n) is 23.8. The van der Waals surface area contributed by atoms with Crippen LogP contribution in [0, 0.1) is 13.8 Å². The van der Waals surface area contributed by atoms with Crippen LogP contribution in [0.1, 0.15) is 39.7 Å². The van der Waals surface area contributed by atoms with Crippen LogP contribution in [0.4, 0.5) is 0 Å². The van der Waals surface area contributed by atoms with Crippen molar-refractivity contribution in [2.24, 2.45) is 5.10 Å². The van der Waals surface area contributed by atoms with Gasteiger partial charge in [0.2, 0.25) is 0 Å². The van der Waals surface area contributed by atoms with Gasteiger partial charge in [-0.1, -0.05) is 71.8 Å². The number of ether oxygens (including phenoxy) is 2. The van der Waals surface area contributed by atoms with Gasteiger partial charge < -0.3 is 14.0 Å². The molecule has 0 aliphatic rings. The molecule has 1 heterocycles. The monoisotopic (exact) mass is 577 g/mol. The fourth-order valence-corrected chi connectivity index (χ4v) is 5.00. The van der Waals surface area contributed by atoms with E-state index in [1.165, 1.54) is 6.21 Å². The summed E-state index contributed by atoms with van der Waals surface area (Å²) in [5.41, 5.74) is 10.2. The Morgan fingerprint density at radius 2 is 1.69 bits per heavy atom. The number of rotatable bonds is 10. The third-order valence-corrected chi connectivity index (χ3v) is 6.99. The molecule has 212 valence electrons. The molecule has 0 spiro atoms. The van der Waals surface area contributed by atoms with Crippen molar-refractivity contribution in [3.8, 4) is 28.4 Å². The summed E-state index contributed by atoms with van der Waals surface area (Å²) in [6.45, 7) is 6.80. The Morgan fingerprint density at radius 1 is 0.905 bits per heavy atom. The minimum absolute atomic E-state index is 0.320. The molecule has 6 nitrogen and oxygen atoms in total. The van der Waals surface area contributed by atoms with Crippen molar-refractivity contribution in [3.05, 3.63) is 136 Å². The lowest BCUT2D eigenvalue weighted by atomic mass is 10.1. The third-order valence-electron chi connectivity index (χ3n) is 6.71. The number of carbonyl (C=O) groups excluding carboxylic acids is 1. The number of nitrogens with zero attached hydrogens (tertiary/aromatic N) is 2. The van der Waals surface area contributed by atoms with Crippen LogP contribution in [-0.2, 0) is 6.61 Å². The summed E-state index contributed by atoms with van der Waals surface area (Å²) in [6, 6.07) is 33.5. The van der Waals surface area contributed by atoms with Gasteiger partial charge in [-0.25, -0.2) is 5.43 Å². The van der Waals surface area contributed by atoms with Gasteiger partial charge in [0.05, 0.1) is 23.5 Å². The van der Waals surface area contributed by atoms with Crippen LogP contribution in [0.3, 0.4) is 0 Å². The van der Waals surface area contributed by atoms with Crippen molar-refractivity contribution in [1.82, 2.24) is 9.99 Å². The molecule has 42 heavy (non-hydrogen) atoms. The van der Waals surface area contributed by atoms with Gasteiger partial charge in [0.25, 0.3) is 5.91 Å². The Kier molecular flexibility index (Phi) is 9.05. The van der Waals surface area contributed by atoms with Gasteiger partial charge in [0, 0.05) is 16.9 Å². The highest BCUT2D eigenvalue weighted by Crippen LogP contribution is 2.37. The number of carbonyl (C=O) groups is 1. The number of halogens is 1. The molecule has 0 saturated heterocycles. The number of amides is 1. The molecule has 1 amide bonds. The minimum Gasteiger partial charge on any atom is -0.490 e. The fourth-order valence-electron chi connectivity index (χ4n) is 4.73. The predicted molar refractivity (Wildman–Crippen MR) is 169 cm³/mol. The summed E-state index contributed by atoms with van der Waals surface area (Å²) in [5, 5.41) is 4.54. The summed E-state index contributed by atoms with van der Waals surface area (Å²) in [7, 11) is 0. The SMILES string of the molecule is CCOc1cc(/C=N/NC(=O)c2ccc(-n3c(C)ccc3-c3ccccc3)cc2)cc(Cl)c1OCc1cccc(C)c1. The Labute approximate surface area is 251 Å². The average molecular weight is 578 g/mol. The number of hydrogen-bond acceptors (Lipinski definition) is 4. The van der Waals surface area contributed by atoms with Gasteiger partial charge in [-0.05, 0) is 86.0 Å². The second kappa shape index (κ2) is 13.2. The molecule has 0 radical (unpaired) electrons. The minimum atomic E-state index is -0.320. The number of aromatic nitrogens is 1. The molecule has 0 saturated carbocycles. The van der Waals surface area contributed by atoms with Crippen molar-refractivity contribution >= 4 is 23.7 Å². The van der Waals surface area contributed by atoms with E-state index >= 15 is 0 Å². The Morgan fingerprint density at radius 3 is 2.43 bits per heavy atom. The van der Waals surface area contributed by atoms with Gasteiger partial charge >= 0.3 is 0 Å². The molecule has 1 aromatic heterocycles. The molecule has 5 aromatic rings. The van der Waals surface area contributed by atoms with Crippen LogP contribution in [0.25, 0.3) is 16.9 Å². The first-order valence-corrected chi connectivity index (χ1v) is 14.1. The van der Waals surface area contributed by atoms with E-state index < -0.39 is 0 Å². The van der Waals surface area contributed by atoms with Crippen LogP contribution in [0.15, 0.2) is 108 Å². The molecular formula is C35H32ClN3O3. The van der Waals surface area contributed by atoms with E-state index in [9.17, 15) is 4.79 Å². The van der Waals surface area contributed by atoms with Crippen molar-refractivity contribution in [3.63, 3.8) is 0 Å². The molecule has 5 rings (SSSR count). The molecule has 4 aromatic carbocycles. The highest BCUT2D eigenvalue weighted by molar-refractivity contribution is 6.32. The first kappa shape index (κ1) is 28.7. The van der Waals surface area contributed by atoms with E-state index in [4.69, 9.17) is 21.1 Å². The molecule has 0 aliphatic heterocycles. The Balaban J connectivity index is 1.26. The predicted octanol–water partition coefficient (Wildman–Crippen LogP) is 8.16. The van der Waals surface area contributed by atoms with Crippen molar-refractivity contribution < 1.29 is 14.3 Å². The smallest absolute Gasteiger partial charge is 0.271 e. The van der Waals surface area contributed by atoms with Crippen LogP contribution in [0.2, 0.25) is 5.02 Å². The molecule has 0 fully saturated rings. The Hall–Kier alpha value is -4.81. The molecule has 0 aliphatic carbocycles. The van der Waals surface area contributed by atoms with E-state index in [2.05, 4.69) is 52.3 Å². The van der Waals surface area contributed by atoms with Crippen LogP contribution in [0.5, 0.6) is 11.5 Å². The summed E-state index contributed by atoms with van der Waals surface area (Å²) in [5.74, 6) is 0.658. The number of hydrogen-bond donors (Lipinski definition) is 1. The van der Waals surface area contributed by atoms with E-state index in [-0.39, 0.29) is 5.91 Å². The maximum Gasteiger partial charge on any atom is 0.271 e. The normalized spacial score (nSPS) is 11.0. The van der Waals surface area contributed by atoms with Crippen LogP contribution >= 0.6 is 11.6 Å². The largest absolute Gasteiger partial charge is 0.490 e. The molecular weight excluding hydrogens is 546 g/mol. The first-order valence-electron chi connectivity index (χ1n) is 13.7. The molecule has 0 atom stereocenters. The van der Waals surface area contributed by atoms with Crippen molar-refractivity contribution in [1.29, 1.82) is 0 Å². The second-order valence-corrected chi connectivity index (χ2v) is 10.3. The van der Waals surface area contributed by atoms with Gasteiger partial charge in [0.1, 0.15) is 6.61 Å². The van der Waals surface area contributed by atoms with Gasteiger partial charge in [-0.2, -0.15) is 5.10 Å². The first-order chi connectivity index (χ1) is 20.4. The lowest BCUT2D eigenvalue weighted by Crippen LogP contribution is -2.17. The summed E-state index contributed by atoms with van der Waals surface area (Å²) in [6.07, 6.45) is 1.53. The van der Waals surface area contributed by atoms with Gasteiger partial charge in [-0.15, -0.1) is 0 Å². The highest BCUT2D eigenvalue weighted by Gasteiger charge is 2.14. The Bertz CT molecular complexity index is 1710. The quantitative estimate of drug-likeness (QED) is 0.134. The highest BCUT2D eigenvalue weighted by atomic mass is 35.5. The zero-order chi connectivity index (χ0) is 29.5. The fraction of sp³-hybridized carbons (Fsp3) is 0.143. The summed E-state index contributed by atoms with van der Waals surface area (Å²) >= 11 is 6.57. The second-order valence-electron chi connectivity index (χ2n) is 9.85. The zero-order valence-corrected chi connectivity index (χ0v) is 24.6. The maximum absolute atomic E-state index is 12.8. The third kappa shape index (κ3) is 6.73. The standard InChI is InChI=1S/C35H32ClN3O3/c1-4-41-33-21-27(20-31(36)34(33)42-23-26-10-8-9-24(2)19-26)22-37-38-35(40)29-14-16-30(17-15-29)39-25(3)13-18-32(39)28-11-6-5-7-12-28/h5-22H,4,23H2,1-3H3,(H,38,40)/b37-22+. The van der Waals surface area contributed by atoms with E-state index in [0.717, 1.165) is 33.8 Å².